The molecule has 0 bridgehead atoms. The first-order chi connectivity index (χ1) is 9.02. The SMILES string of the molecule is Cc1c(CNCC(O)C(F)F)n(C)c2ccccc12. The summed E-state index contributed by atoms with van der Waals surface area (Å²) in [5.74, 6) is 0. The van der Waals surface area contributed by atoms with E-state index in [1.807, 2.05) is 42.8 Å². The molecule has 0 saturated carbocycles. The smallest absolute Gasteiger partial charge is 0.265 e. The van der Waals surface area contributed by atoms with E-state index in [0.29, 0.717) is 6.54 Å². The summed E-state index contributed by atoms with van der Waals surface area (Å²) in [7, 11) is 1.95. The third-order valence-corrected chi connectivity index (χ3v) is 3.44. The topological polar surface area (TPSA) is 37.2 Å². The summed E-state index contributed by atoms with van der Waals surface area (Å²) in [5, 5.41) is 13.1. The van der Waals surface area contributed by atoms with E-state index in [1.165, 1.54) is 0 Å². The number of aliphatic hydroxyl groups excluding tert-OH is 1. The van der Waals surface area contributed by atoms with Crippen LogP contribution >= 0.6 is 0 Å². The molecule has 1 aromatic heterocycles. The fourth-order valence-corrected chi connectivity index (χ4v) is 2.31. The van der Waals surface area contributed by atoms with Crippen molar-refractivity contribution >= 4 is 10.9 Å². The van der Waals surface area contributed by atoms with Crippen LogP contribution in [0, 0.1) is 6.92 Å². The van der Waals surface area contributed by atoms with Gasteiger partial charge in [-0.3, -0.25) is 0 Å². The van der Waals surface area contributed by atoms with Gasteiger partial charge in [0.05, 0.1) is 0 Å². The highest BCUT2D eigenvalue weighted by Crippen LogP contribution is 2.24. The molecule has 2 N–H and O–H groups in total. The Morgan fingerprint density at radius 3 is 2.63 bits per heavy atom. The molecule has 0 radical (unpaired) electrons. The van der Waals surface area contributed by atoms with Crippen molar-refractivity contribution in [2.75, 3.05) is 6.54 Å². The lowest BCUT2D eigenvalue weighted by atomic mass is 10.1. The summed E-state index contributed by atoms with van der Waals surface area (Å²) >= 11 is 0. The maximum atomic E-state index is 12.2. The van der Waals surface area contributed by atoms with Crippen LogP contribution in [-0.2, 0) is 13.6 Å². The molecule has 0 spiro atoms. The number of halogens is 2. The number of fused-ring (bicyclic) bond motifs is 1. The predicted octanol–water partition coefficient (Wildman–Crippen LogP) is 2.20. The standard InChI is InChI=1S/C14H18F2N2O/c1-9-10-5-3-4-6-11(10)18(2)12(9)7-17-8-13(19)14(15)16/h3-6,13-14,17,19H,7-8H2,1-2H3. The van der Waals surface area contributed by atoms with Gasteiger partial charge in [0, 0.05) is 36.7 Å². The number of nitrogens with one attached hydrogen (secondary N) is 1. The summed E-state index contributed by atoms with van der Waals surface area (Å²) in [4.78, 5) is 0. The first-order valence-electron chi connectivity index (χ1n) is 6.22. The van der Waals surface area contributed by atoms with Gasteiger partial charge in [0.1, 0.15) is 6.10 Å². The molecule has 0 fully saturated rings. The average molecular weight is 268 g/mol. The molecule has 0 aliphatic rings. The number of rotatable bonds is 5. The van der Waals surface area contributed by atoms with E-state index in [2.05, 4.69) is 5.32 Å². The van der Waals surface area contributed by atoms with Crippen molar-refractivity contribution in [1.82, 2.24) is 9.88 Å². The Morgan fingerprint density at radius 2 is 2.00 bits per heavy atom. The highest BCUT2D eigenvalue weighted by molar-refractivity contribution is 5.85. The van der Waals surface area contributed by atoms with Gasteiger partial charge in [0.15, 0.2) is 0 Å². The van der Waals surface area contributed by atoms with Crippen molar-refractivity contribution in [3.8, 4) is 0 Å². The molecule has 2 aromatic rings. The van der Waals surface area contributed by atoms with Gasteiger partial charge in [-0.1, -0.05) is 18.2 Å². The molecular formula is C14H18F2N2O. The molecule has 1 aromatic carbocycles. The molecule has 3 nitrogen and oxygen atoms in total. The lowest BCUT2D eigenvalue weighted by Gasteiger charge is -2.12. The molecule has 1 heterocycles. The second-order valence-corrected chi connectivity index (χ2v) is 4.68. The summed E-state index contributed by atoms with van der Waals surface area (Å²) < 4.78 is 26.4. The van der Waals surface area contributed by atoms with Crippen LogP contribution in [0.1, 0.15) is 11.3 Å². The summed E-state index contributed by atoms with van der Waals surface area (Å²) in [6.07, 6.45) is -4.32. The van der Waals surface area contributed by atoms with Crippen molar-refractivity contribution in [2.45, 2.75) is 26.0 Å². The zero-order valence-electron chi connectivity index (χ0n) is 11.0. The molecule has 0 aliphatic heterocycles. The van der Waals surface area contributed by atoms with E-state index in [1.54, 1.807) is 0 Å². The second-order valence-electron chi connectivity index (χ2n) is 4.68. The highest BCUT2D eigenvalue weighted by atomic mass is 19.3. The number of hydrogen-bond donors (Lipinski definition) is 2. The van der Waals surface area contributed by atoms with Crippen LogP contribution in [0.15, 0.2) is 24.3 Å². The molecule has 0 aliphatic carbocycles. The van der Waals surface area contributed by atoms with E-state index in [9.17, 15) is 8.78 Å². The van der Waals surface area contributed by atoms with Gasteiger partial charge in [-0.2, -0.15) is 0 Å². The predicted molar refractivity (Wildman–Crippen MR) is 71.4 cm³/mol. The molecule has 104 valence electrons. The molecule has 2 rings (SSSR count). The minimum absolute atomic E-state index is 0.112. The zero-order valence-corrected chi connectivity index (χ0v) is 11.0. The van der Waals surface area contributed by atoms with E-state index >= 15 is 0 Å². The fourth-order valence-electron chi connectivity index (χ4n) is 2.31. The first-order valence-corrected chi connectivity index (χ1v) is 6.22. The Hall–Kier alpha value is -1.46. The molecule has 0 amide bonds. The number of aryl methyl sites for hydroxylation is 2. The van der Waals surface area contributed by atoms with E-state index in [-0.39, 0.29) is 6.54 Å². The van der Waals surface area contributed by atoms with Crippen molar-refractivity contribution in [2.24, 2.45) is 7.05 Å². The van der Waals surface area contributed by atoms with E-state index in [0.717, 1.165) is 22.2 Å². The van der Waals surface area contributed by atoms with Gasteiger partial charge in [-0.05, 0) is 18.6 Å². The minimum atomic E-state index is -2.71. The number of benzene rings is 1. The molecule has 1 atom stereocenters. The quantitative estimate of drug-likeness (QED) is 0.872. The van der Waals surface area contributed by atoms with Crippen molar-refractivity contribution < 1.29 is 13.9 Å². The monoisotopic (exact) mass is 268 g/mol. The first kappa shape index (κ1) is 14.0. The van der Waals surface area contributed by atoms with Gasteiger partial charge in [-0.15, -0.1) is 0 Å². The maximum Gasteiger partial charge on any atom is 0.265 e. The van der Waals surface area contributed by atoms with Gasteiger partial charge in [-0.25, -0.2) is 8.78 Å². The van der Waals surface area contributed by atoms with Gasteiger partial charge in [0.25, 0.3) is 6.43 Å². The maximum absolute atomic E-state index is 12.2. The molecule has 5 heteroatoms. The van der Waals surface area contributed by atoms with Crippen molar-refractivity contribution in [3.05, 3.63) is 35.5 Å². The third kappa shape index (κ3) is 2.77. The fraction of sp³-hybridized carbons (Fsp3) is 0.429. The van der Waals surface area contributed by atoms with Crippen LogP contribution in [0.25, 0.3) is 10.9 Å². The van der Waals surface area contributed by atoms with Crippen molar-refractivity contribution in [1.29, 1.82) is 0 Å². The Kier molecular flexibility index (Phi) is 4.17. The summed E-state index contributed by atoms with van der Waals surface area (Å²) in [5.41, 5.74) is 3.30. The average Bonchev–Trinajstić information content (AvgIpc) is 2.64. The highest BCUT2D eigenvalue weighted by Gasteiger charge is 2.17. The van der Waals surface area contributed by atoms with Crippen molar-refractivity contribution in [3.63, 3.8) is 0 Å². The molecule has 0 saturated heterocycles. The number of alkyl halides is 2. The number of para-hydroxylation sites is 1. The summed E-state index contributed by atoms with van der Waals surface area (Å²) in [6, 6.07) is 8.02. The Labute approximate surface area is 110 Å². The Morgan fingerprint density at radius 1 is 1.32 bits per heavy atom. The number of nitrogens with zero attached hydrogens (tertiary/aromatic N) is 1. The number of hydrogen-bond acceptors (Lipinski definition) is 2. The third-order valence-electron chi connectivity index (χ3n) is 3.44. The second kappa shape index (κ2) is 5.67. The van der Waals surface area contributed by atoms with Gasteiger partial charge >= 0.3 is 0 Å². The zero-order chi connectivity index (χ0) is 14.0. The lowest BCUT2D eigenvalue weighted by Crippen LogP contribution is -2.32. The number of aliphatic hydroxyl groups is 1. The summed E-state index contributed by atoms with van der Waals surface area (Å²) in [6.45, 7) is 2.36. The molecular weight excluding hydrogens is 250 g/mol. The van der Waals surface area contributed by atoms with E-state index < -0.39 is 12.5 Å². The van der Waals surface area contributed by atoms with Crippen LogP contribution in [0.5, 0.6) is 0 Å². The van der Waals surface area contributed by atoms with Crippen LogP contribution in [0.2, 0.25) is 0 Å². The molecule has 19 heavy (non-hydrogen) atoms. The van der Waals surface area contributed by atoms with Gasteiger partial charge < -0.3 is 15.0 Å². The van der Waals surface area contributed by atoms with Crippen LogP contribution in [0.3, 0.4) is 0 Å². The van der Waals surface area contributed by atoms with Crippen LogP contribution < -0.4 is 5.32 Å². The van der Waals surface area contributed by atoms with Crippen LogP contribution in [-0.4, -0.2) is 28.7 Å². The minimum Gasteiger partial charge on any atom is -0.386 e. The lowest BCUT2D eigenvalue weighted by molar-refractivity contribution is -0.00346. The Bertz CT molecular complexity index is 527. The largest absolute Gasteiger partial charge is 0.386 e. The van der Waals surface area contributed by atoms with E-state index in [4.69, 9.17) is 5.11 Å². The van der Waals surface area contributed by atoms with Crippen LogP contribution in [0.4, 0.5) is 8.78 Å². The number of aromatic nitrogens is 1. The van der Waals surface area contributed by atoms with Gasteiger partial charge in [0.2, 0.25) is 0 Å². The normalized spacial score (nSPS) is 13.4. The molecule has 1 unspecified atom stereocenters. The Balaban J connectivity index is 2.13.